The molecule has 26 heavy (non-hydrogen) atoms. The van der Waals surface area contributed by atoms with Gasteiger partial charge in [-0.3, -0.25) is 5.32 Å². The van der Waals surface area contributed by atoms with Crippen LogP contribution >= 0.6 is 0 Å². The fourth-order valence-electron chi connectivity index (χ4n) is 2.96. The van der Waals surface area contributed by atoms with Crippen LogP contribution in [0.3, 0.4) is 0 Å². The summed E-state index contributed by atoms with van der Waals surface area (Å²) in [7, 11) is 1.92. The zero-order valence-electron chi connectivity index (χ0n) is 15.7. The molecule has 140 valence electrons. The van der Waals surface area contributed by atoms with Gasteiger partial charge < -0.3 is 14.4 Å². The van der Waals surface area contributed by atoms with E-state index in [0.717, 1.165) is 31.9 Å². The molecule has 0 saturated carbocycles. The van der Waals surface area contributed by atoms with Crippen molar-refractivity contribution < 1.29 is 4.79 Å². The highest BCUT2D eigenvalue weighted by Crippen LogP contribution is 2.14. The van der Waals surface area contributed by atoms with Crippen LogP contribution in [0.2, 0.25) is 0 Å². The molecule has 0 spiro atoms. The van der Waals surface area contributed by atoms with E-state index in [0.29, 0.717) is 24.8 Å². The average molecular weight is 357 g/mol. The zero-order valence-corrected chi connectivity index (χ0v) is 15.7. The van der Waals surface area contributed by atoms with Gasteiger partial charge in [-0.15, -0.1) is 10.2 Å². The predicted octanol–water partition coefficient (Wildman–Crippen LogP) is 2.15. The molecule has 1 fully saturated rings. The number of carbonyl (C=O) groups excluding carboxylic acids is 1. The molecule has 3 heterocycles. The van der Waals surface area contributed by atoms with Crippen LogP contribution in [0.15, 0.2) is 24.7 Å². The highest BCUT2D eigenvalue weighted by Gasteiger charge is 2.23. The molecule has 2 amide bonds. The molecule has 1 N–H and O–H groups in total. The van der Waals surface area contributed by atoms with Gasteiger partial charge in [0.05, 0.1) is 0 Å². The summed E-state index contributed by atoms with van der Waals surface area (Å²) < 4.78 is 1.89. The minimum Gasteiger partial charge on any atom is -0.337 e. The number of amides is 2. The van der Waals surface area contributed by atoms with E-state index in [1.54, 1.807) is 11.2 Å². The van der Waals surface area contributed by atoms with Gasteiger partial charge in [-0.05, 0) is 30.4 Å². The minimum atomic E-state index is -0.106. The lowest BCUT2D eigenvalue weighted by Crippen LogP contribution is -2.50. The molecule has 1 aliphatic heterocycles. The van der Waals surface area contributed by atoms with E-state index < -0.39 is 0 Å². The number of aryl methyl sites for hydroxylation is 2. The Morgan fingerprint density at radius 2 is 2.00 bits per heavy atom. The first kappa shape index (κ1) is 18.2. The van der Waals surface area contributed by atoms with E-state index in [-0.39, 0.29) is 6.03 Å². The standard InChI is InChI=1S/C18H27N7O/c1-14(2)4-5-15-6-7-16(19-12-15)21-18(26)25-10-8-24(9-11-25)17-22-20-13-23(17)3/h6-7,12-14H,4-5,8-11H2,1-3H3,(H,19,21,26). The van der Waals surface area contributed by atoms with Crippen molar-refractivity contribution in [2.24, 2.45) is 13.0 Å². The Balaban J connectivity index is 1.49. The maximum absolute atomic E-state index is 12.5. The Kier molecular flexibility index (Phi) is 5.70. The fraction of sp³-hybridized carbons (Fsp3) is 0.556. The lowest BCUT2D eigenvalue weighted by molar-refractivity contribution is 0.207. The van der Waals surface area contributed by atoms with Crippen LogP contribution in [0, 0.1) is 5.92 Å². The SMILES string of the molecule is CC(C)CCc1ccc(NC(=O)N2CCN(c3nncn3C)CC2)nc1. The van der Waals surface area contributed by atoms with Gasteiger partial charge >= 0.3 is 6.03 Å². The zero-order chi connectivity index (χ0) is 18.5. The highest BCUT2D eigenvalue weighted by atomic mass is 16.2. The molecule has 2 aromatic rings. The number of rotatable bonds is 5. The van der Waals surface area contributed by atoms with Crippen LogP contribution in [0.4, 0.5) is 16.6 Å². The maximum Gasteiger partial charge on any atom is 0.323 e. The number of nitrogens with one attached hydrogen (secondary N) is 1. The fourth-order valence-corrected chi connectivity index (χ4v) is 2.96. The van der Waals surface area contributed by atoms with Gasteiger partial charge in [-0.2, -0.15) is 0 Å². The van der Waals surface area contributed by atoms with E-state index in [1.807, 2.05) is 29.9 Å². The summed E-state index contributed by atoms with van der Waals surface area (Å²) in [6.45, 7) is 7.19. The van der Waals surface area contributed by atoms with E-state index in [1.165, 1.54) is 5.56 Å². The second-order valence-corrected chi connectivity index (χ2v) is 7.13. The third kappa shape index (κ3) is 4.50. The van der Waals surface area contributed by atoms with E-state index >= 15 is 0 Å². The summed E-state index contributed by atoms with van der Waals surface area (Å²) in [6.07, 6.45) is 5.70. The number of piperazine rings is 1. The molecule has 1 saturated heterocycles. The van der Waals surface area contributed by atoms with Crippen LogP contribution in [-0.4, -0.2) is 56.9 Å². The van der Waals surface area contributed by atoms with Crippen molar-refractivity contribution in [3.8, 4) is 0 Å². The van der Waals surface area contributed by atoms with Gasteiger partial charge in [0.15, 0.2) is 0 Å². The van der Waals surface area contributed by atoms with Crippen molar-refractivity contribution in [1.29, 1.82) is 0 Å². The van der Waals surface area contributed by atoms with Gasteiger partial charge in [0.25, 0.3) is 0 Å². The number of anilines is 2. The Morgan fingerprint density at radius 1 is 1.23 bits per heavy atom. The number of aromatic nitrogens is 4. The largest absolute Gasteiger partial charge is 0.337 e. The minimum absolute atomic E-state index is 0.106. The second kappa shape index (κ2) is 8.16. The molecule has 8 nitrogen and oxygen atoms in total. The molecular formula is C18H27N7O. The van der Waals surface area contributed by atoms with Gasteiger partial charge in [0.2, 0.25) is 5.95 Å². The quantitative estimate of drug-likeness (QED) is 0.887. The van der Waals surface area contributed by atoms with E-state index in [9.17, 15) is 4.79 Å². The summed E-state index contributed by atoms with van der Waals surface area (Å²) in [4.78, 5) is 20.8. The number of urea groups is 1. The van der Waals surface area contributed by atoms with Crippen molar-refractivity contribution in [1.82, 2.24) is 24.6 Å². The first-order valence-corrected chi connectivity index (χ1v) is 9.12. The molecule has 0 aliphatic carbocycles. The molecule has 0 unspecified atom stereocenters. The molecule has 0 radical (unpaired) electrons. The molecule has 3 rings (SSSR count). The van der Waals surface area contributed by atoms with Crippen LogP contribution in [0.25, 0.3) is 0 Å². The molecular weight excluding hydrogens is 330 g/mol. The summed E-state index contributed by atoms with van der Waals surface area (Å²) in [5, 5.41) is 10.9. The lowest BCUT2D eigenvalue weighted by atomic mass is 10.0. The smallest absolute Gasteiger partial charge is 0.323 e. The Labute approximate surface area is 154 Å². The van der Waals surface area contributed by atoms with E-state index in [2.05, 4.69) is 39.2 Å². The highest BCUT2D eigenvalue weighted by molar-refractivity contribution is 5.88. The van der Waals surface area contributed by atoms with Crippen LogP contribution < -0.4 is 10.2 Å². The Hall–Kier alpha value is -2.64. The first-order chi connectivity index (χ1) is 12.5. The van der Waals surface area contributed by atoms with Gasteiger partial charge in [0.1, 0.15) is 12.1 Å². The van der Waals surface area contributed by atoms with Crippen LogP contribution in [0.5, 0.6) is 0 Å². The molecule has 2 aromatic heterocycles. The average Bonchev–Trinajstić information content (AvgIpc) is 3.07. The second-order valence-electron chi connectivity index (χ2n) is 7.13. The van der Waals surface area contributed by atoms with Crippen molar-refractivity contribution in [2.45, 2.75) is 26.7 Å². The summed E-state index contributed by atoms with van der Waals surface area (Å²) in [5.41, 5.74) is 1.20. The monoisotopic (exact) mass is 357 g/mol. The topological polar surface area (TPSA) is 79.2 Å². The van der Waals surface area contributed by atoms with Crippen molar-refractivity contribution >= 4 is 17.8 Å². The van der Waals surface area contributed by atoms with Gasteiger partial charge in [0, 0.05) is 39.4 Å². The first-order valence-electron chi connectivity index (χ1n) is 9.12. The van der Waals surface area contributed by atoms with Crippen LogP contribution in [0.1, 0.15) is 25.8 Å². The predicted molar refractivity (Wildman–Crippen MR) is 101 cm³/mol. The van der Waals surface area contributed by atoms with Gasteiger partial charge in [-0.25, -0.2) is 9.78 Å². The summed E-state index contributed by atoms with van der Waals surface area (Å²) in [5.74, 6) is 2.11. The molecule has 0 bridgehead atoms. The molecule has 1 aliphatic rings. The normalized spacial score (nSPS) is 14.8. The molecule has 0 atom stereocenters. The number of pyridine rings is 1. The summed E-state index contributed by atoms with van der Waals surface area (Å²) in [6, 6.07) is 3.81. The van der Waals surface area contributed by atoms with E-state index in [4.69, 9.17) is 0 Å². The number of hydrogen-bond donors (Lipinski definition) is 1. The lowest BCUT2D eigenvalue weighted by Gasteiger charge is -2.34. The third-order valence-corrected chi connectivity index (χ3v) is 4.61. The molecule has 8 heteroatoms. The van der Waals surface area contributed by atoms with Crippen molar-refractivity contribution in [3.05, 3.63) is 30.2 Å². The number of hydrogen-bond acceptors (Lipinski definition) is 5. The van der Waals surface area contributed by atoms with Gasteiger partial charge in [-0.1, -0.05) is 19.9 Å². The Morgan fingerprint density at radius 3 is 2.58 bits per heavy atom. The Bertz CT molecular complexity index is 717. The number of carbonyl (C=O) groups is 1. The van der Waals surface area contributed by atoms with Crippen molar-refractivity contribution in [3.63, 3.8) is 0 Å². The third-order valence-electron chi connectivity index (χ3n) is 4.61. The summed E-state index contributed by atoms with van der Waals surface area (Å²) >= 11 is 0. The number of nitrogens with zero attached hydrogens (tertiary/aromatic N) is 6. The van der Waals surface area contributed by atoms with Crippen molar-refractivity contribution in [2.75, 3.05) is 36.4 Å². The van der Waals surface area contributed by atoms with Crippen LogP contribution in [-0.2, 0) is 13.5 Å². The maximum atomic E-state index is 12.5. The molecule has 0 aromatic carbocycles.